The number of aliphatic hydroxyl groups is 1. The Morgan fingerprint density at radius 3 is 1.95 bits per heavy atom. The number of allylic oxidation sites excluding steroid dienone is 1. The molecule has 0 saturated carbocycles. The van der Waals surface area contributed by atoms with E-state index in [-0.39, 0.29) is 0 Å². The average Bonchev–Trinajstić information content (AvgIpc) is 2.48. The minimum absolute atomic E-state index is 0.473. The number of benzene rings is 1. The van der Waals surface area contributed by atoms with Crippen molar-refractivity contribution in [1.82, 2.24) is 0 Å². The van der Waals surface area contributed by atoms with Gasteiger partial charge in [-0.3, -0.25) is 0 Å². The van der Waals surface area contributed by atoms with E-state index in [9.17, 15) is 18.3 Å². The fraction of sp³-hybridized carbons (Fsp3) is 0.500. The first-order chi connectivity index (χ1) is 9.80. The third-order valence-corrected chi connectivity index (χ3v) is 10.0. The van der Waals surface area contributed by atoms with Crippen LogP contribution in [0.25, 0.3) is 0 Å². The molecule has 0 fully saturated rings. The smallest absolute Gasteiger partial charge is 0.384 e. The van der Waals surface area contributed by atoms with Crippen LogP contribution in [0.15, 0.2) is 41.6 Å². The van der Waals surface area contributed by atoms with E-state index in [0.717, 1.165) is 6.08 Å². The Kier molecular flexibility index (Phi) is 6.22. The van der Waals surface area contributed by atoms with Gasteiger partial charge in [0.15, 0.2) is 0 Å². The van der Waals surface area contributed by atoms with E-state index in [4.69, 9.17) is 0 Å². The second kappa shape index (κ2) is 7.27. The second-order valence-electron chi connectivity index (χ2n) is 5.27. The molecule has 0 saturated heterocycles. The molecule has 0 aliphatic carbocycles. The Balaban J connectivity index is 3.29. The van der Waals surface area contributed by atoms with Crippen LogP contribution >= 0.6 is 0 Å². The van der Waals surface area contributed by atoms with Crippen molar-refractivity contribution in [2.75, 3.05) is 0 Å². The SMILES string of the molecule is CC[Si](CC)(CC)/C(=C/C(O)c1ccccc1)C(F)(F)F. The zero-order valence-corrected chi connectivity index (χ0v) is 13.7. The van der Waals surface area contributed by atoms with Gasteiger partial charge in [0, 0.05) is 5.20 Å². The van der Waals surface area contributed by atoms with Gasteiger partial charge in [0.05, 0.1) is 14.2 Å². The second-order valence-corrected chi connectivity index (χ2v) is 10.5. The zero-order valence-electron chi connectivity index (χ0n) is 12.7. The molecule has 1 aromatic carbocycles. The monoisotopic (exact) mass is 316 g/mol. The van der Waals surface area contributed by atoms with E-state index in [1.165, 1.54) is 0 Å². The average molecular weight is 316 g/mol. The summed E-state index contributed by atoms with van der Waals surface area (Å²) < 4.78 is 40.5. The fourth-order valence-corrected chi connectivity index (χ4v) is 6.55. The van der Waals surface area contributed by atoms with E-state index < -0.39 is 25.6 Å². The lowest BCUT2D eigenvalue weighted by Gasteiger charge is -2.33. The van der Waals surface area contributed by atoms with Crippen LogP contribution in [0.2, 0.25) is 18.1 Å². The van der Waals surface area contributed by atoms with Crippen LogP contribution in [0.4, 0.5) is 13.2 Å². The topological polar surface area (TPSA) is 20.2 Å². The lowest BCUT2D eigenvalue weighted by atomic mass is 10.1. The molecule has 0 radical (unpaired) electrons. The molecule has 118 valence electrons. The molecule has 21 heavy (non-hydrogen) atoms. The van der Waals surface area contributed by atoms with E-state index in [1.54, 1.807) is 30.3 Å². The van der Waals surface area contributed by atoms with E-state index in [2.05, 4.69) is 0 Å². The van der Waals surface area contributed by atoms with Gasteiger partial charge in [-0.25, -0.2) is 0 Å². The van der Waals surface area contributed by atoms with Crippen molar-refractivity contribution in [3.05, 3.63) is 47.2 Å². The molecule has 0 aliphatic heterocycles. The maximum atomic E-state index is 13.5. The molecule has 0 bridgehead atoms. The Bertz CT molecular complexity index is 456. The summed E-state index contributed by atoms with van der Waals surface area (Å²) in [5, 5.41) is 9.68. The third kappa shape index (κ3) is 4.20. The maximum Gasteiger partial charge on any atom is 0.408 e. The van der Waals surface area contributed by atoms with E-state index in [1.807, 2.05) is 20.8 Å². The molecular weight excluding hydrogens is 293 g/mol. The number of hydrogen-bond donors (Lipinski definition) is 1. The predicted octanol–water partition coefficient (Wildman–Crippen LogP) is 5.26. The van der Waals surface area contributed by atoms with Gasteiger partial charge in [-0.05, 0) is 11.6 Å². The fourth-order valence-electron chi connectivity index (χ4n) is 2.80. The first-order valence-electron chi connectivity index (χ1n) is 7.33. The van der Waals surface area contributed by atoms with Gasteiger partial charge in [0.2, 0.25) is 0 Å². The van der Waals surface area contributed by atoms with Gasteiger partial charge in [-0.1, -0.05) is 69.2 Å². The standard InChI is InChI=1S/C16H23F3OSi/c1-4-21(5-2,6-3)15(16(17,18)19)12-14(20)13-10-8-7-9-11-13/h7-12,14,20H,4-6H2,1-3H3/b15-12+. The van der Waals surface area contributed by atoms with Gasteiger partial charge >= 0.3 is 6.18 Å². The molecule has 0 heterocycles. The van der Waals surface area contributed by atoms with Gasteiger partial charge in [0.25, 0.3) is 0 Å². The van der Waals surface area contributed by atoms with Gasteiger partial charge < -0.3 is 5.11 Å². The summed E-state index contributed by atoms with van der Waals surface area (Å²) in [4.78, 5) is 0. The summed E-state index contributed by atoms with van der Waals surface area (Å²) in [6.07, 6.45) is -4.54. The number of alkyl halides is 3. The predicted molar refractivity (Wildman–Crippen MR) is 82.7 cm³/mol. The largest absolute Gasteiger partial charge is 0.408 e. The highest BCUT2D eigenvalue weighted by molar-refractivity contribution is 6.86. The minimum atomic E-state index is -4.37. The summed E-state index contributed by atoms with van der Waals surface area (Å²) in [5.74, 6) is 0. The van der Waals surface area contributed by atoms with Crippen molar-refractivity contribution in [2.45, 2.75) is 51.2 Å². The van der Waals surface area contributed by atoms with Crippen LogP contribution in [0, 0.1) is 0 Å². The number of rotatable bonds is 6. The van der Waals surface area contributed by atoms with Gasteiger partial charge in [-0.2, -0.15) is 13.2 Å². The highest BCUT2D eigenvalue weighted by Gasteiger charge is 2.46. The molecule has 0 amide bonds. The van der Waals surface area contributed by atoms with Crippen LogP contribution in [-0.4, -0.2) is 19.4 Å². The Morgan fingerprint density at radius 2 is 1.57 bits per heavy atom. The molecular formula is C16H23F3OSi. The van der Waals surface area contributed by atoms with Crippen molar-refractivity contribution in [3.8, 4) is 0 Å². The number of aliphatic hydroxyl groups excluding tert-OH is 1. The lowest BCUT2D eigenvalue weighted by Crippen LogP contribution is -2.41. The molecule has 1 unspecified atom stereocenters. The van der Waals surface area contributed by atoms with Crippen LogP contribution in [0.1, 0.15) is 32.4 Å². The normalized spacial score (nSPS) is 15.1. The van der Waals surface area contributed by atoms with Gasteiger partial charge in [0.1, 0.15) is 0 Å². The van der Waals surface area contributed by atoms with Crippen molar-refractivity contribution in [1.29, 1.82) is 0 Å². The van der Waals surface area contributed by atoms with Crippen molar-refractivity contribution in [3.63, 3.8) is 0 Å². The maximum absolute atomic E-state index is 13.5. The Hall–Kier alpha value is -1.07. The molecule has 1 aromatic rings. The quantitative estimate of drug-likeness (QED) is 0.710. The lowest BCUT2D eigenvalue weighted by molar-refractivity contribution is -0.0867. The molecule has 0 spiro atoms. The summed E-state index contributed by atoms with van der Waals surface area (Å²) in [5.41, 5.74) is 0.491. The molecule has 1 nitrogen and oxygen atoms in total. The van der Waals surface area contributed by atoms with Crippen LogP contribution in [0.5, 0.6) is 0 Å². The zero-order chi connectivity index (χ0) is 16.1. The van der Waals surface area contributed by atoms with Crippen molar-refractivity contribution < 1.29 is 18.3 Å². The number of hydrogen-bond acceptors (Lipinski definition) is 1. The summed E-state index contributed by atoms with van der Waals surface area (Å²) in [6, 6.07) is 10.1. The molecule has 1 rings (SSSR count). The molecule has 0 aliphatic rings. The van der Waals surface area contributed by atoms with Crippen molar-refractivity contribution >= 4 is 8.07 Å². The Labute approximate surface area is 125 Å². The first kappa shape index (κ1) is 18.0. The number of halogens is 3. The highest BCUT2D eigenvalue weighted by atomic mass is 28.3. The molecule has 1 N–H and O–H groups in total. The molecule has 0 aromatic heterocycles. The summed E-state index contributed by atoms with van der Waals surface area (Å²) in [6.45, 7) is 5.48. The summed E-state index contributed by atoms with van der Waals surface area (Å²) >= 11 is 0. The molecule has 1 atom stereocenters. The van der Waals surface area contributed by atoms with Crippen LogP contribution in [0.3, 0.4) is 0 Å². The minimum Gasteiger partial charge on any atom is -0.384 e. The van der Waals surface area contributed by atoms with E-state index in [0.29, 0.717) is 23.7 Å². The Morgan fingerprint density at radius 1 is 1.10 bits per heavy atom. The first-order valence-corrected chi connectivity index (χ1v) is 9.95. The highest BCUT2D eigenvalue weighted by Crippen LogP contribution is 2.40. The van der Waals surface area contributed by atoms with E-state index >= 15 is 0 Å². The van der Waals surface area contributed by atoms with Crippen LogP contribution in [-0.2, 0) is 0 Å². The third-order valence-electron chi connectivity index (χ3n) is 4.37. The van der Waals surface area contributed by atoms with Crippen molar-refractivity contribution in [2.24, 2.45) is 0 Å². The molecule has 5 heteroatoms. The van der Waals surface area contributed by atoms with Crippen LogP contribution < -0.4 is 0 Å². The van der Waals surface area contributed by atoms with Gasteiger partial charge in [-0.15, -0.1) is 0 Å². The summed E-state index contributed by atoms with van der Waals surface area (Å²) in [7, 11) is -2.60.